The first-order valence-corrected chi connectivity index (χ1v) is 43.4. The van der Waals surface area contributed by atoms with Crippen molar-refractivity contribution in [2.45, 2.75) is 108 Å². The monoisotopic (exact) mass is 1820 g/mol. The van der Waals surface area contributed by atoms with Crippen LogP contribution in [-0.4, -0.2) is 281 Å². The van der Waals surface area contributed by atoms with Crippen LogP contribution < -0.4 is 46.0 Å². The summed E-state index contributed by atoms with van der Waals surface area (Å²) in [7, 11) is 2.09. The first-order valence-electron chi connectivity index (χ1n) is 42.3. The molecule has 5 aromatic carbocycles. The summed E-state index contributed by atoms with van der Waals surface area (Å²) in [4.78, 5) is 112. The number of carbonyl (C=O) groups is 3. The fourth-order valence-electron chi connectivity index (χ4n) is 18.9. The number of ether oxygens (including phenoxy) is 4. The Kier molecular flexibility index (Phi) is 26.8. The van der Waals surface area contributed by atoms with E-state index >= 15 is 8.78 Å². The molecule has 37 heteroatoms. The molecule has 0 bridgehead atoms. The molecule has 3 amide bonds. The third-order valence-corrected chi connectivity index (χ3v) is 26.3. The zero-order valence-corrected chi connectivity index (χ0v) is 73.7. The van der Waals surface area contributed by atoms with Crippen LogP contribution in [0.25, 0.3) is 60.5 Å². The van der Waals surface area contributed by atoms with E-state index in [0.29, 0.717) is 116 Å². The zero-order valence-electron chi connectivity index (χ0n) is 71.4. The van der Waals surface area contributed by atoms with E-state index in [0.717, 1.165) is 57.5 Å². The third kappa shape index (κ3) is 17.9. The number of hydrogen-bond donors (Lipinski definition) is 0. The number of aromatic nitrogens is 6. The van der Waals surface area contributed by atoms with Crippen molar-refractivity contribution in [3.8, 4) is 39.5 Å². The van der Waals surface area contributed by atoms with Crippen molar-refractivity contribution >= 4 is 108 Å². The van der Waals surface area contributed by atoms with Gasteiger partial charge in [-0.2, -0.15) is 15.0 Å². The highest BCUT2D eigenvalue weighted by atomic mass is 35.5. The lowest BCUT2D eigenvalue weighted by atomic mass is 9.99. The summed E-state index contributed by atoms with van der Waals surface area (Å²) in [6.45, 7) is 34.8. The van der Waals surface area contributed by atoms with Gasteiger partial charge in [-0.15, -0.1) is 0 Å². The van der Waals surface area contributed by atoms with Gasteiger partial charge < -0.3 is 53.2 Å². The standard InChI is InChI=1S/C31H35ClF2N6O3.C30H32ClF2N5O4.C29H32ClF4N5O3/c1-5-26(41)38-14-19(3)39(15-18(38)2)30-23-13-24(32)27(22-7-6-20(33)12-25(22)34)29-28(23)40(31(42)35-30)21(17-43-29)16-37-10-8-36(4)9-11-37;1-4-25(39)36-13-18(3)37(14-17(36)2)29-22-12-23(31)26(21-6-5-19(32)11-24(21)33)28-27(22)38(30(40)34-29)20(16-42-28)15-35-7-9-41-10-8-35;1-5-23(40)37-11-17(3)38(12-16(37)2)27-20-10-21(30)24(18(4)22(32)6-8-31)26-25(20)39(28(41)35-27)19(14-42-26)13-36-9-7-29(33,34)15-36/h5-7,12-13,18-19,21H,1,8-11,14-17H2,2-4H3;4-6,11-12,17-18,20H,1,7-10,13-16H2,2-3H3;5-6,10,16-17,19H,1,4,7-9,11-15H2,2-3H3/b;;22-6+/t18-,19+,21?;17-,18+,20?;16-,17+,19?/m111/s1. The number of rotatable bonds is 17. The molecule has 9 atom stereocenters. The lowest BCUT2D eigenvalue weighted by Gasteiger charge is -2.45. The normalized spacial score (nSPS) is 23.3. The van der Waals surface area contributed by atoms with E-state index in [1.165, 1.54) is 47.1 Å². The number of hydrogen-bond acceptors (Lipinski definition) is 20. The molecule has 0 saturated carbocycles. The molecule has 17 rings (SSSR count). The molecule has 3 aromatic heterocycles. The summed E-state index contributed by atoms with van der Waals surface area (Å²) in [6.07, 6.45) is 4.29. The second-order valence-corrected chi connectivity index (χ2v) is 35.2. The Balaban J connectivity index is 0.000000147. The number of likely N-dealkylation sites (tertiary alicyclic amines) is 1. The molecule has 9 aliphatic heterocycles. The Hall–Kier alpha value is -10.5. The summed E-state index contributed by atoms with van der Waals surface area (Å²) in [6, 6.07) is 8.92. The lowest BCUT2D eigenvalue weighted by Crippen LogP contribution is -2.58. The quantitative estimate of drug-likeness (QED) is 0.0469. The molecule has 0 aliphatic carbocycles. The highest BCUT2D eigenvalue weighted by Gasteiger charge is 2.45. The number of morpholine rings is 1. The van der Waals surface area contributed by atoms with E-state index in [1.54, 1.807) is 40.9 Å². The molecule has 6 fully saturated rings. The van der Waals surface area contributed by atoms with Crippen molar-refractivity contribution < 1.29 is 68.5 Å². The molecule has 127 heavy (non-hydrogen) atoms. The zero-order chi connectivity index (χ0) is 90.8. The first-order chi connectivity index (χ1) is 60.6. The fourth-order valence-corrected chi connectivity index (χ4v) is 19.8. The number of halogens is 11. The van der Waals surface area contributed by atoms with Crippen LogP contribution in [0.3, 0.4) is 0 Å². The number of anilines is 3. The lowest BCUT2D eigenvalue weighted by molar-refractivity contribution is -0.129. The average molecular weight is 1820 g/mol. The Morgan fingerprint density at radius 2 is 0.874 bits per heavy atom. The molecule has 6 saturated heterocycles. The maximum atomic E-state index is 15.2. The van der Waals surface area contributed by atoms with Gasteiger partial charge in [0, 0.05) is 209 Å². The minimum Gasteiger partial charge on any atom is -0.488 e. The molecule has 26 nitrogen and oxygen atoms in total. The van der Waals surface area contributed by atoms with Crippen molar-refractivity contribution in [1.82, 2.24) is 63.0 Å². The highest BCUT2D eigenvalue weighted by molar-refractivity contribution is 6.36. The van der Waals surface area contributed by atoms with Crippen LogP contribution in [0.4, 0.5) is 52.6 Å². The van der Waals surface area contributed by atoms with E-state index in [4.69, 9.17) is 53.8 Å². The molecule has 3 unspecified atom stereocenters. The van der Waals surface area contributed by atoms with E-state index in [-0.39, 0.29) is 177 Å². The van der Waals surface area contributed by atoms with Crippen LogP contribution in [-0.2, 0) is 19.1 Å². The van der Waals surface area contributed by atoms with Crippen molar-refractivity contribution in [1.29, 1.82) is 0 Å². The summed E-state index contributed by atoms with van der Waals surface area (Å²) in [5, 5.41) is 2.03. The third-order valence-electron chi connectivity index (χ3n) is 25.4. The Labute approximate surface area is 742 Å². The van der Waals surface area contributed by atoms with Crippen molar-refractivity contribution in [3.63, 3.8) is 0 Å². The van der Waals surface area contributed by atoms with Gasteiger partial charge in [0.2, 0.25) is 17.7 Å². The largest absolute Gasteiger partial charge is 0.488 e. The van der Waals surface area contributed by atoms with E-state index in [9.17, 15) is 55.1 Å². The number of likely N-dealkylation sites (N-methyl/N-ethyl adjacent to an activating group) is 1. The second-order valence-electron chi connectivity index (χ2n) is 34.0. The van der Waals surface area contributed by atoms with Gasteiger partial charge in [-0.1, -0.05) is 61.1 Å². The van der Waals surface area contributed by atoms with E-state index in [2.05, 4.69) is 63.0 Å². The number of carbonyl (C=O) groups excluding carboxylic acids is 3. The molecule has 0 spiro atoms. The summed E-state index contributed by atoms with van der Waals surface area (Å²) >= 11 is 20.4. The van der Waals surface area contributed by atoms with Crippen LogP contribution in [0, 0.1) is 23.3 Å². The minimum absolute atomic E-state index is 0.0527. The summed E-state index contributed by atoms with van der Waals surface area (Å²) in [5.74, 6) is -5.53. The molecular formula is C90H99Cl3F8N16O10. The van der Waals surface area contributed by atoms with Crippen molar-refractivity contribution in [3.05, 3.63) is 186 Å². The topological polar surface area (TPSA) is 225 Å². The van der Waals surface area contributed by atoms with E-state index in [1.807, 2.05) is 56.2 Å². The first kappa shape index (κ1) is 91.3. The molecule has 0 N–H and O–H groups in total. The number of amides is 3. The van der Waals surface area contributed by atoms with Gasteiger partial charge in [0.25, 0.3) is 5.92 Å². The average Bonchev–Trinajstić information content (AvgIpc) is 1.02. The van der Waals surface area contributed by atoms with Gasteiger partial charge in [0.05, 0.1) is 69.5 Å². The Morgan fingerprint density at radius 1 is 0.504 bits per heavy atom. The van der Waals surface area contributed by atoms with Crippen LogP contribution in [0.1, 0.15) is 71.7 Å². The smallest absolute Gasteiger partial charge is 0.350 e. The van der Waals surface area contributed by atoms with Crippen LogP contribution in [0.5, 0.6) is 17.2 Å². The number of piperazine rings is 4. The Bertz CT molecular complexity index is 5950. The Morgan fingerprint density at radius 3 is 1.24 bits per heavy atom. The van der Waals surface area contributed by atoms with E-state index < -0.39 is 71.3 Å². The molecular weight excluding hydrogens is 1720 g/mol. The van der Waals surface area contributed by atoms with Gasteiger partial charge >= 0.3 is 17.1 Å². The van der Waals surface area contributed by atoms with Gasteiger partial charge in [0.15, 0.2) is 17.2 Å². The maximum Gasteiger partial charge on any atom is 0.350 e. The molecule has 676 valence electrons. The highest BCUT2D eigenvalue weighted by Crippen LogP contribution is 2.52. The fraction of sp³-hybridized carbons (Fsp3) is 0.456. The van der Waals surface area contributed by atoms with Gasteiger partial charge in [0.1, 0.15) is 73.0 Å². The number of benzene rings is 5. The molecule has 8 aromatic rings. The summed E-state index contributed by atoms with van der Waals surface area (Å²) < 4.78 is 143. The molecule has 0 radical (unpaired) electrons. The number of nitrogens with zero attached hydrogens (tertiary/aromatic N) is 16. The van der Waals surface area contributed by atoms with Gasteiger partial charge in [-0.05, 0) is 115 Å². The minimum atomic E-state index is -2.82. The van der Waals surface area contributed by atoms with Crippen molar-refractivity contribution in [2.75, 3.05) is 173 Å². The van der Waals surface area contributed by atoms with Gasteiger partial charge in [-0.25, -0.2) is 49.5 Å². The SMILES string of the molecule is C=CC(=O)N1C[C@H](C)N(c2nc(=O)n3c4c(c(-c5ccc(F)cc5F)c(Cl)cc24)OCC3CN2CCN(C)CC2)C[C@H]1C.C=CC(=O)N1C[C@H](C)N(c2nc(=O)n3c4c(c(-c5ccc(F)cc5F)c(Cl)cc24)OCC3CN2CCOCC2)C[C@H]1C.C=CC(=O)N1C[C@H](C)N(c2nc(=O)n3c4c(c(C(=C)/C(F)=C\CF)c(Cl)cc24)OCC3CN2CCC(F)(F)C2)C[C@H]1C. The van der Waals surface area contributed by atoms with Crippen molar-refractivity contribution in [2.24, 2.45) is 0 Å². The predicted molar refractivity (Wildman–Crippen MR) is 473 cm³/mol. The summed E-state index contributed by atoms with van der Waals surface area (Å²) in [5.41, 5.74) is 0.172. The number of alkyl halides is 3. The number of allylic oxidation sites excluding steroid dienone is 3. The van der Waals surface area contributed by atoms with Crippen LogP contribution >= 0.6 is 34.8 Å². The molecule has 12 heterocycles. The van der Waals surface area contributed by atoms with Crippen LogP contribution in [0.2, 0.25) is 15.1 Å². The van der Waals surface area contributed by atoms with Gasteiger partial charge in [-0.3, -0.25) is 42.8 Å². The second kappa shape index (κ2) is 37.3. The van der Waals surface area contributed by atoms with Crippen LogP contribution in [0.15, 0.2) is 125 Å². The maximum absolute atomic E-state index is 15.2. The predicted octanol–water partition coefficient (Wildman–Crippen LogP) is 12.4. The molecule has 9 aliphatic rings.